The third-order valence-electron chi connectivity index (χ3n) is 6.02. The molecule has 8 nitrogen and oxygen atoms in total. The average molecular weight is 448 g/mol. The van der Waals surface area contributed by atoms with Gasteiger partial charge in [0.1, 0.15) is 11.9 Å². The van der Waals surface area contributed by atoms with Crippen LogP contribution in [0, 0.1) is 12.3 Å². The molecule has 0 bridgehead atoms. The number of hydrogen-bond acceptors (Lipinski definition) is 6. The van der Waals surface area contributed by atoms with E-state index >= 15 is 0 Å². The molecule has 0 saturated carbocycles. The molecule has 168 valence electrons. The number of carbonyl (C=O) groups is 2. The summed E-state index contributed by atoms with van der Waals surface area (Å²) >= 11 is 0. The highest BCUT2D eigenvalue weighted by Crippen LogP contribution is 2.45. The van der Waals surface area contributed by atoms with E-state index in [1.807, 2.05) is 6.92 Å². The van der Waals surface area contributed by atoms with Gasteiger partial charge in [-0.1, -0.05) is 13.8 Å². The first-order chi connectivity index (χ1) is 14.5. The Bertz CT molecular complexity index is 1050. The maximum atomic E-state index is 12.7. The second-order valence-corrected chi connectivity index (χ2v) is 11.8. The van der Waals surface area contributed by atoms with Gasteiger partial charge < -0.3 is 10.5 Å². The average Bonchev–Trinajstić information content (AvgIpc) is 2.98. The molecule has 2 heterocycles. The number of fused-ring (bicyclic) bond motifs is 1. The van der Waals surface area contributed by atoms with E-state index in [2.05, 4.69) is 18.9 Å². The van der Waals surface area contributed by atoms with Gasteiger partial charge in [0.2, 0.25) is 0 Å². The number of amides is 1. The van der Waals surface area contributed by atoms with E-state index in [9.17, 15) is 18.7 Å². The predicted octanol–water partition coefficient (Wildman–Crippen LogP) is 3.73. The number of nitrogens with two attached hydrogens (primary N) is 1. The van der Waals surface area contributed by atoms with Crippen molar-refractivity contribution in [3.63, 3.8) is 0 Å². The fraction of sp³-hybridized carbons (Fsp3) is 0.500. The van der Waals surface area contributed by atoms with Crippen molar-refractivity contribution in [2.45, 2.75) is 52.6 Å². The van der Waals surface area contributed by atoms with Gasteiger partial charge in [-0.2, -0.15) is 15.7 Å². The smallest absolute Gasteiger partial charge is 0.252 e. The molecule has 4 rings (SSSR count). The van der Waals surface area contributed by atoms with Crippen molar-refractivity contribution in [3.05, 3.63) is 40.7 Å². The highest BCUT2D eigenvalue weighted by atomic mass is 32.3. The molecule has 2 aliphatic rings. The van der Waals surface area contributed by atoms with E-state index < -0.39 is 16.5 Å². The van der Waals surface area contributed by atoms with Gasteiger partial charge in [-0.3, -0.25) is 18.7 Å². The lowest BCUT2D eigenvalue weighted by molar-refractivity contribution is 0.0909. The van der Waals surface area contributed by atoms with Crippen LogP contribution in [0.2, 0.25) is 0 Å². The number of hydrogen-bond donors (Lipinski definition) is 3. The Kier molecular flexibility index (Phi) is 5.39. The monoisotopic (exact) mass is 447 g/mol. The van der Waals surface area contributed by atoms with Crippen LogP contribution in [-0.4, -0.2) is 48.2 Å². The number of carbonyl (C=O) groups excluding carboxylic acids is 2. The van der Waals surface area contributed by atoms with E-state index in [1.165, 1.54) is 0 Å². The lowest BCUT2D eigenvalue weighted by atomic mass is 9.75. The van der Waals surface area contributed by atoms with Crippen LogP contribution >= 0.6 is 10.6 Å². The summed E-state index contributed by atoms with van der Waals surface area (Å²) in [4.78, 5) is 24.7. The minimum Gasteiger partial charge on any atom is -0.489 e. The number of primary amides is 1. The molecule has 1 aliphatic carbocycles. The number of aromatic nitrogens is 2. The third kappa shape index (κ3) is 4.35. The molecule has 0 unspecified atom stereocenters. The first-order valence-corrected chi connectivity index (χ1v) is 12.3. The van der Waals surface area contributed by atoms with Crippen molar-refractivity contribution in [3.8, 4) is 11.4 Å². The Morgan fingerprint density at radius 2 is 1.94 bits per heavy atom. The highest BCUT2D eigenvalue weighted by molar-refractivity contribution is 8.24. The standard InChI is InChI=1S/C22H29N3O5S/c1-13-20-17(11-22(2,3)12-18(20)26)25(24-13)14-4-5-16(21(23)27)19(10-14)30-15-6-8-31(28,29)9-7-15/h4-5,10,15,28-29H,6-9,11-12H2,1-3H3,(H2,23,27). The van der Waals surface area contributed by atoms with E-state index in [1.54, 1.807) is 22.9 Å². The lowest BCUT2D eigenvalue weighted by Gasteiger charge is -2.39. The molecule has 2 aromatic rings. The highest BCUT2D eigenvalue weighted by Gasteiger charge is 2.36. The van der Waals surface area contributed by atoms with E-state index in [0.29, 0.717) is 48.4 Å². The van der Waals surface area contributed by atoms with Crippen molar-refractivity contribution in [1.82, 2.24) is 9.78 Å². The molecule has 1 aromatic carbocycles. The summed E-state index contributed by atoms with van der Waals surface area (Å²) < 4.78 is 27.5. The van der Waals surface area contributed by atoms with Crippen molar-refractivity contribution in [2.75, 3.05) is 11.5 Å². The number of ketones is 1. The Morgan fingerprint density at radius 1 is 1.26 bits per heavy atom. The van der Waals surface area contributed by atoms with Crippen LogP contribution in [0.25, 0.3) is 5.69 Å². The molecule has 1 saturated heterocycles. The molecular weight excluding hydrogens is 418 g/mol. The number of rotatable bonds is 4. The summed E-state index contributed by atoms with van der Waals surface area (Å²) in [5, 5.41) is 4.62. The maximum absolute atomic E-state index is 12.7. The second-order valence-electron chi connectivity index (χ2n) is 9.33. The molecule has 4 N–H and O–H groups in total. The summed E-state index contributed by atoms with van der Waals surface area (Å²) in [6.07, 6.45) is 1.95. The van der Waals surface area contributed by atoms with Crippen molar-refractivity contribution in [1.29, 1.82) is 0 Å². The van der Waals surface area contributed by atoms with Crippen LogP contribution in [0.1, 0.15) is 65.2 Å². The van der Waals surface area contributed by atoms with Crippen molar-refractivity contribution in [2.24, 2.45) is 11.1 Å². The molecule has 0 spiro atoms. The first-order valence-electron chi connectivity index (χ1n) is 10.4. The normalized spacial score (nSPS) is 21.4. The minimum absolute atomic E-state index is 0.0985. The number of nitrogens with zero attached hydrogens (tertiary/aromatic N) is 2. The Labute approximate surface area is 183 Å². The minimum atomic E-state index is -2.53. The molecule has 1 aliphatic heterocycles. The van der Waals surface area contributed by atoms with Crippen LogP contribution in [-0.2, 0) is 6.42 Å². The molecule has 9 heteroatoms. The Hall–Kier alpha value is -2.36. The summed E-state index contributed by atoms with van der Waals surface area (Å²) in [5.74, 6) is 0.410. The molecular formula is C22H29N3O5S. The van der Waals surface area contributed by atoms with E-state index in [4.69, 9.17) is 10.5 Å². The van der Waals surface area contributed by atoms with Crippen LogP contribution in [0.15, 0.2) is 18.2 Å². The van der Waals surface area contributed by atoms with Crippen LogP contribution in [0.3, 0.4) is 0 Å². The number of Topliss-reactive ketones (excluding diaryl/α,β-unsaturated/α-hetero) is 1. The summed E-state index contributed by atoms with van der Waals surface area (Å²) in [6, 6.07) is 5.09. The van der Waals surface area contributed by atoms with Crippen LogP contribution < -0.4 is 10.5 Å². The zero-order valence-electron chi connectivity index (χ0n) is 18.1. The fourth-order valence-electron chi connectivity index (χ4n) is 4.48. The zero-order valence-corrected chi connectivity index (χ0v) is 18.9. The van der Waals surface area contributed by atoms with Gasteiger partial charge in [-0.05, 0) is 30.9 Å². The molecule has 31 heavy (non-hydrogen) atoms. The van der Waals surface area contributed by atoms with Gasteiger partial charge in [0.15, 0.2) is 5.78 Å². The Morgan fingerprint density at radius 3 is 2.58 bits per heavy atom. The van der Waals surface area contributed by atoms with Crippen LogP contribution in [0.4, 0.5) is 0 Å². The van der Waals surface area contributed by atoms with E-state index in [-0.39, 0.29) is 34.4 Å². The molecule has 1 fully saturated rings. The van der Waals surface area contributed by atoms with Gasteiger partial charge in [-0.15, -0.1) is 0 Å². The van der Waals surface area contributed by atoms with Gasteiger partial charge in [0.25, 0.3) is 5.91 Å². The fourth-order valence-corrected chi connectivity index (χ4v) is 5.97. The number of ether oxygens (including phenoxy) is 1. The number of benzene rings is 1. The summed E-state index contributed by atoms with van der Waals surface area (Å²) in [5.41, 5.74) is 8.58. The van der Waals surface area contributed by atoms with Crippen LogP contribution in [0.5, 0.6) is 5.75 Å². The Balaban J connectivity index is 1.71. The lowest BCUT2D eigenvalue weighted by Crippen LogP contribution is -2.29. The largest absolute Gasteiger partial charge is 0.489 e. The third-order valence-corrected chi connectivity index (χ3v) is 7.80. The van der Waals surface area contributed by atoms with E-state index in [0.717, 1.165) is 5.69 Å². The summed E-state index contributed by atoms with van der Waals surface area (Å²) in [6.45, 7) is 5.97. The molecule has 1 amide bonds. The zero-order chi connectivity index (χ0) is 22.6. The quantitative estimate of drug-likeness (QED) is 0.655. The van der Waals surface area contributed by atoms with Crippen molar-refractivity contribution < 1.29 is 23.4 Å². The van der Waals surface area contributed by atoms with Gasteiger partial charge in [0.05, 0.1) is 28.2 Å². The summed E-state index contributed by atoms with van der Waals surface area (Å²) in [7, 11) is -2.53. The molecule has 0 radical (unpaired) electrons. The van der Waals surface area contributed by atoms with Gasteiger partial charge >= 0.3 is 0 Å². The number of aryl methyl sites for hydroxylation is 1. The topological polar surface area (TPSA) is 128 Å². The first kappa shape index (κ1) is 21.9. The molecule has 1 aromatic heterocycles. The molecule has 0 atom stereocenters. The second kappa shape index (κ2) is 7.65. The van der Waals surface area contributed by atoms with Crippen molar-refractivity contribution >= 4 is 22.3 Å². The maximum Gasteiger partial charge on any atom is 0.252 e. The van der Waals surface area contributed by atoms with Gasteiger partial charge in [-0.25, -0.2) is 4.68 Å². The van der Waals surface area contributed by atoms with Gasteiger partial charge in [0, 0.05) is 36.8 Å². The predicted molar refractivity (Wildman–Crippen MR) is 119 cm³/mol. The SMILES string of the molecule is Cc1nn(-c2ccc(C(N)=O)c(OC3CCS(O)(O)CC3)c2)c2c1C(=O)CC(C)(C)C2.